The number of carbonyl (C=O) groups excluding carboxylic acids is 1. The normalized spacial score (nSPS) is 14.6. The van der Waals surface area contributed by atoms with Crippen LogP contribution in [0.3, 0.4) is 0 Å². The molecule has 1 aliphatic heterocycles. The van der Waals surface area contributed by atoms with Gasteiger partial charge in [0.25, 0.3) is 5.69 Å². The standard InChI is InChI=1S/C19H14F2N4O4/c1-19(2)12-5-9(3-4-11(12)18(26)29-19)6-15-22-17(24-23-15)16-13(20)7-10(25(27)28)8-14(16)21/h3-5,7-8H,6H2,1-2H3,(H,22,23,24). The number of ether oxygens (including phenoxy) is 1. The topological polar surface area (TPSA) is 111 Å². The van der Waals surface area contributed by atoms with Crippen LogP contribution in [0.25, 0.3) is 11.4 Å². The molecule has 0 atom stereocenters. The van der Waals surface area contributed by atoms with Crippen LogP contribution in [0.1, 0.15) is 41.2 Å². The molecule has 0 amide bonds. The Balaban J connectivity index is 1.63. The number of hydrogen-bond donors (Lipinski definition) is 1. The van der Waals surface area contributed by atoms with Crippen LogP contribution < -0.4 is 0 Å². The summed E-state index contributed by atoms with van der Waals surface area (Å²) < 4.78 is 33.7. The summed E-state index contributed by atoms with van der Waals surface area (Å²) in [5.41, 5.74) is 0.0415. The van der Waals surface area contributed by atoms with Gasteiger partial charge in [0.2, 0.25) is 0 Å². The number of nitrogens with one attached hydrogen (secondary N) is 1. The number of halogens is 2. The number of aromatic amines is 1. The average Bonchev–Trinajstić information content (AvgIpc) is 3.16. The van der Waals surface area contributed by atoms with Gasteiger partial charge in [-0.25, -0.2) is 18.6 Å². The number of nitro benzene ring substituents is 1. The van der Waals surface area contributed by atoms with Crippen LogP contribution in [-0.2, 0) is 16.8 Å². The van der Waals surface area contributed by atoms with Gasteiger partial charge >= 0.3 is 5.97 Å². The van der Waals surface area contributed by atoms with E-state index in [1.165, 1.54) is 0 Å². The van der Waals surface area contributed by atoms with E-state index in [1.54, 1.807) is 26.0 Å². The Bertz CT molecular complexity index is 1150. The van der Waals surface area contributed by atoms with Crippen molar-refractivity contribution in [2.45, 2.75) is 25.9 Å². The summed E-state index contributed by atoms with van der Waals surface area (Å²) >= 11 is 0. The lowest BCUT2D eigenvalue weighted by Gasteiger charge is -2.17. The number of carbonyl (C=O) groups is 1. The summed E-state index contributed by atoms with van der Waals surface area (Å²) in [5.74, 6) is -2.53. The highest BCUT2D eigenvalue weighted by Crippen LogP contribution is 2.36. The van der Waals surface area contributed by atoms with Crippen molar-refractivity contribution in [1.82, 2.24) is 15.2 Å². The fraction of sp³-hybridized carbons (Fsp3) is 0.211. The predicted molar refractivity (Wildman–Crippen MR) is 96.1 cm³/mol. The van der Waals surface area contributed by atoms with Crippen molar-refractivity contribution in [1.29, 1.82) is 0 Å². The van der Waals surface area contributed by atoms with Crippen LogP contribution >= 0.6 is 0 Å². The first kappa shape index (κ1) is 18.7. The third-order valence-corrected chi connectivity index (χ3v) is 4.67. The molecule has 0 unspecified atom stereocenters. The van der Waals surface area contributed by atoms with Crippen molar-refractivity contribution in [2.75, 3.05) is 0 Å². The number of nitrogens with zero attached hydrogens (tertiary/aromatic N) is 3. The Kier molecular flexibility index (Phi) is 4.14. The minimum Gasteiger partial charge on any atom is -0.451 e. The first-order valence-corrected chi connectivity index (χ1v) is 8.57. The largest absolute Gasteiger partial charge is 0.451 e. The smallest absolute Gasteiger partial charge is 0.339 e. The number of esters is 1. The first-order chi connectivity index (χ1) is 13.7. The second kappa shape index (κ2) is 6.43. The molecule has 148 valence electrons. The number of hydrogen-bond acceptors (Lipinski definition) is 6. The first-order valence-electron chi connectivity index (χ1n) is 8.57. The highest BCUT2D eigenvalue weighted by atomic mass is 19.1. The molecule has 0 radical (unpaired) electrons. The molecule has 0 bridgehead atoms. The van der Waals surface area contributed by atoms with Gasteiger partial charge in [-0.3, -0.25) is 15.2 Å². The second-order valence-electron chi connectivity index (χ2n) is 7.10. The third kappa shape index (κ3) is 3.22. The lowest BCUT2D eigenvalue weighted by molar-refractivity contribution is -0.385. The van der Waals surface area contributed by atoms with E-state index in [1.807, 2.05) is 6.07 Å². The summed E-state index contributed by atoms with van der Waals surface area (Å²) in [4.78, 5) is 25.8. The number of fused-ring (bicyclic) bond motifs is 1. The molecule has 3 aromatic rings. The molecule has 1 aromatic heterocycles. The fourth-order valence-electron chi connectivity index (χ4n) is 3.28. The number of nitro groups is 1. The molecule has 0 saturated heterocycles. The van der Waals surface area contributed by atoms with E-state index in [0.717, 1.165) is 11.1 Å². The Morgan fingerprint density at radius 2 is 1.90 bits per heavy atom. The van der Waals surface area contributed by atoms with Gasteiger partial charge in [0, 0.05) is 12.0 Å². The lowest BCUT2D eigenvalue weighted by Crippen LogP contribution is -2.16. The Labute approximate surface area is 162 Å². The Hall–Kier alpha value is -3.69. The maximum absolute atomic E-state index is 14.2. The molecule has 0 aliphatic carbocycles. The number of rotatable bonds is 4. The minimum absolute atomic E-state index is 0.176. The maximum Gasteiger partial charge on any atom is 0.339 e. The molecule has 1 aliphatic rings. The van der Waals surface area contributed by atoms with Gasteiger partial charge in [-0.05, 0) is 25.5 Å². The van der Waals surface area contributed by atoms with Gasteiger partial charge in [-0.15, -0.1) is 0 Å². The van der Waals surface area contributed by atoms with Crippen LogP contribution in [0.2, 0.25) is 0 Å². The third-order valence-electron chi connectivity index (χ3n) is 4.67. The molecule has 8 nitrogen and oxygen atoms in total. The minimum atomic E-state index is -1.12. The van der Waals surface area contributed by atoms with Gasteiger partial charge in [-0.1, -0.05) is 12.1 Å². The summed E-state index contributed by atoms with van der Waals surface area (Å²) in [7, 11) is 0. The van der Waals surface area contributed by atoms with E-state index >= 15 is 0 Å². The molecule has 2 aromatic carbocycles. The zero-order valence-corrected chi connectivity index (χ0v) is 15.3. The quantitative estimate of drug-likeness (QED) is 0.407. The molecule has 2 heterocycles. The van der Waals surface area contributed by atoms with E-state index in [-0.39, 0.29) is 24.0 Å². The van der Waals surface area contributed by atoms with Crippen LogP contribution in [0, 0.1) is 21.7 Å². The fourth-order valence-corrected chi connectivity index (χ4v) is 3.28. The van der Waals surface area contributed by atoms with Gasteiger partial charge in [0.05, 0.1) is 28.2 Å². The molecule has 0 saturated carbocycles. The molecular weight excluding hydrogens is 386 g/mol. The molecule has 29 heavy (non-hydrogen) atoms. The molecule has 1 N–H and O–H groups in total. The van der Waals surface area contributed by atoms with Crippen LogP contribution in [0.5, 0.6) is 0 Å². The maximum atomic E-state index is 14.2. The Morgan fingerprint density at radius 1 is 1.21 bits per heavy atom. The Morgan fingerprint density at radius 3 is 2.55 bits per heavy atom. The monoisotopic (exact) mass is 400 g/mol. The SMILES string of the molecule is CC1(C)OC(=O)c2ccc(Cc3n[nH]c(-c4c(F)cc([N+](=O)[O-])cc4F)n3)cc21. The number of aromatic nitrogens is 3. The van der Waals surface area contributed by atoms with Gasteiger partial charge in [0.15, 0.2) is 11.6 Å². The highest BCUT2D eigenvalue weighted by molar-refractivity contribution is 5.94. The second-order valence-corrected chi connectivity index (χ2v) is 7.10. The molecular formula is C19H14F2N4O4. The average molecular weight is 400 g/mol. The highest BCUT2D eigenvalue weighted by Gasteiger charge is 2.37. The van der Waals surface area contributed by atoms with E-state index in [2.05, 4.69) is 15.2 Å². The van der Waals surface area contributed by atoms with Crippen molar-refractivity contribution in [3.8, 4) is 11.4 Å². The predicted octanol–water partition coefficient (Wildman–Crippen LogP) is 3.65. The lowest BCUT2D eigenvalue weighted by atomic mass is 9.93. The number of cyclic esters (lactones) is 1. The van der Waals surface area contributed by atoms with Crippen molar-refractivity contribution in [2.24, 2.45) is 0 Å². The van der Waals surface area contributed by atoms with E-state index in [0.29, 0.717) is 17.7 Å². The van der Waals surface area contributed by atoms with Crippen molar-refractivity contribution >= 4 is 11.7 Å². The number of H-pyrrole nitrogens is 1. The zero-order valence-electron chi connectivity index (χ0n) is 15.3. The van der Waals surface area contributed by atoms with Gasteiger partial charge < -0.3 is 4.74 Å². The summed E-state index contributed by atoms with van der Waals surface area (Å²) in [6, 6.07) is 6.44. The summed E-state index contributed by atoms with van der Waals surface area (Å²) in [6.07, 6.45) is 0.240. The summed E-state index contributed by atoms with van der Waals surface area (Å²) in [5, 5.41) is 17.1. The zero-order chi connectivity index (χ0) is 20.9. The number of non-ortho nitro benzene ring substituents is 1. The molecule has 10 heteroatoms. The van der Waals surface area contributed by atoms with Crippen LogP contribution in [0.15, 0.2) is 30.3 Å². The van der Waals surface area contributed by atoms with Crippen LogP contribution in [0.4, 0.5) is 14.5 Å². The van der Waals surface area contributed by atoms with E-state index in [9.17, 15) is 23.7 Å². The van der Waals surface area contributed by atoms with E-state index in [4.69, 9.17) is 4.74 Å². The molecule has 4 rings (SSSR count). The summed E-state index contributed by atoms with van der Waals surface area (Å²) in [6.45, 7) is 3.57. The van der Waals surface area contributed by atoms with Crippen molar-refractivity contribution in [3.63, 3.8) is 0 Å². The molecule has 0 fully saturated rings. The number of benzene rings is 2. The molecule has 0 spiro atoms. The van der Waals surface area contributed by atoms with Crippen molar-refractivity contribution in [3.05, 3.63) is 74.6 Å². The van der Waals surface area contributed by atoms with E-state index < -0.39 is 33.4 Å². The van der Waals surface area contributed by atoms with Gasteiger partial charge in [0.1, 0.15) is 17.2 Å². The van der Waals surface area contributed by atoms with Crippen molar-refractivity contribution < 1.29 is 23.2 Å². The van der Waals surface area contributed by atoms with Crippen LogP contribution in [-0.4, -0.2) is 26.1 Å². The van der Waals surface area contributed by atoms with Gasteiger partial charge in [-0.2, -0.15) is 5.10 Å².